The fraction of sp³-hybridized carbons (Fsp3) is 0.429. The van der Waals surface area contributed by atoms with Gasteiger partial charge in [-0.25, -0.2) is 4.98 Å². The van der Waals surface area contributed by atoms with E-state index in [1.807, 2.05) is 37.3 Å². The first-order chi connectivity index (χ1) is 18.7. The van der Waals surface area contributed by atoms with Crippen molar-refractivity contribution in [3.63, 3.8) is 0 Å². The molecular formula is C28H34N4O6. The lowest BCUT2D eigenvalue weighted by atomic mass is 10.1. The van der Waals surface area contributed by atoms with Crippen LogP contribution >= 0.6 is 0 Å². The summed E-state index contributed by atoms with van der Waals surface area (Å²) in [6, 6.07) is 14.0. The number of hydrogen-bond acceptors (Lipinski definition) is 9. The Morgan fingerprint density at radius 2 is 1.79 bits per heavy atom. The molecule has 0 radical (unpaired) electrons. The number of rotatable bonds is 12. The van der Waals surface area contributed by atoms with Gasteiger partial charge in [0.05, 0.1) is 26.4 Å². The first-order valence-corrected chi connectivity index (χ1v) is 13.0. The maximum atomic E-state index is 12.6. The summed E-state index contributed by atoms with van der Waals surface area (Å²) in [7, 11) is 0. The van der Waals surface area contributed by atoms with Crippen LogP contribution in [0.3, 0.4) is 0 Å². The molecule has 0 atom stereocenters. The number of nitrogens with zero attached hydrogens (tertiary/aromatic N) is 3. The number of carbonyl (C=O) groups excluding carboxylic acids is 1. The van der Waals surface area contributed by atoms with E-state index >= 15 is 0 Å². The molecule has 1 saturated heterocycles. The summed E-state index contributed by atoms with van der Waals surface area (Å²) in [6.07, 6.45) is 1.43. The Morgan fingerprint density at radius 1 is 1.03 bits per heavy atom. The Labute approximate surface area is 222 Å². The third-order valence-electron chi connectivity index (χ3n) is 6.44. The largest absolute Gasteiger partial charge is 0.494 e. The van der Waals surface area contributed by atoms with Crippen LogP contribution in [-0.2, 0) is 24.4 Å². The van der Waals surface area contributed by atoms with Crippen LogP contribution in [0.25, 0.3) is 0 Å². The average molecular weight is 523 g/mol. The first-order valence-electron chi connectivity index (χ1n) is 13.0. The second-order valence-electron chi connectivity index (χ2n) is 9.25. The van der Waals surface area contributed by atoms with Crippen LogP contribution in [0, 0.1) is 0 Å². The smallest absolute Gasteiger partial charge is 0.273 e. The SMILES string of the molecule is CCOc1ccc(CN(Cc2ccc3c(c2)OCO3)Cc2nc(C(=O)NCCN3CCOCC3)co2)cc1. The van der Waals surface area contributed by atoms with Gasteiger partial charge in [0.15, 0.2) is 17.2 Å². The van der Waals surface area contributed by atoms with E-state index in [9.17, 15) is 4.79 Å². The molecule has 10 nitrogen and oxygen atoms in total. The maximum absolute atomic E-state index is 12.6. The third-order valence-corrected chi connectivity index (χ3v) is 6.44. The minimum absolute atomic E-state index is 0.234. The highest BCUT2D eigenvalue weighted by Gasteiger charge is 2.19. The van der Waals surface area contributed by atoms with Gasteiger partial charge in [-0.05, 0) is 42.3 Å². The zero-order valence-electron chi connectivity index (χ0n) is 21.7. The summed E-state index contributed by atoms with van der Waals surface area (Å²) in [4.78, 5) is 21.6. The van der Waals surface area contributed by atoms with Gasteiger partial charge in [0.2, 0.25) is 12.7 Å². The van der Waals surface area contributed by atoms with E-state index in [-0.39, 0.29) is 18.4 Å². The lowest BCUT2D eigenvalue weighted by molar-refractivity contribution is 0.0383. The van der Waals surface area contributed by atoms with Crippen LogP contribution in [0.4, 0.5) is 0 Å². The van der Waals surface area contributed by atoms with E-state index in [0.29, 0.717) is 38.7 Å². The number of fused-ring (bicyclic) bond motifs is 1. The maximum Gasteiger partial charge on any atom is 0.273 e. The molecule has 1 N–H and O–H groups in total. The van der Waals surface area contributed by atoms with Gasteiger partial charge in [0.1, 0.15) is 12.0 Å². The molecule has 0 unspecified atom stereocenters. The molecule has 0 aliphatic carbocycles. The highest BCUT2D eigenvalue weighted by atomic mass is 16.7. The summed E-state index contributed by atoms with van der Waals surface area (Å²) < 4.78 is 27.7. The van der Waals surface area contributed by atoms with Crippen LogP contribution < -0.4 is 19.5 Å². The minimum atomic E-state index is -0.234. The highest BCUT2D eigenvalue weighted by Crippen LogP contribution is 2.33. The number of benzene rings is 2. The van der Waals surface area contributed by atoms with Crippen LogP contribution in [0.5, 0.6) is 17.2 Å². The van der Waals surface area contributed by atoms with Crippen molar-refractivity contribution >= 4 is 5.91 Å². The van der Waals surface area contributed by atoms with Crippen molar-refractivity contribution < 1.29 is 28.2 Å². The topological polar surface area (TPSA) is 98.5 Å². The van der Waals surface area contributed by atoms with Gasteiger partial charge in [0, 0.05) is 39.3 Å². The molecule has 38 heavy (non-hydrogen) atoms. The molecule has 1 amide bonds. The molecule has 3 aromatic rings. The molecule has 0 saturated carbocycles. The summed E-state index contributed by atoms with van der Waals surface area (Å²) in [5, 5.41) is 2.94. The molecule has 2 aliphatic rings. The molecule has 0 bridgehead atoms. The molecular weight excluding hydrogens is 488 g/mol. The van der Waals surface area contributed by atoms with Crippen molar-refractivity contribution in [3.05, 3.63) is 71.4 Å². The molecule has 202 valence electrons. The van der Waals surface area contributed by atoms with Crippen LogP contribution in [0.1, 0.15) is 34.4 Å². The first kappa shape index (κ1) is 26.0. The Balaban J connectivity index is 1.22. The quantitative estimate of drug-likeness (QED) is 0.385. The number of hydrogen-bond donors (Lipinski definition) is 1. The van der Waals surface area contributed by atoms with Crippen molar-refractivity contribution in [2.45, 2.75) is 26.6 Å². The number of oxazole rings is 1. The summed E-state index contributed by atoms with van der Waals surface area (Å²) in [5.41, 5.74) is 2.49. The van der Waals surface area contributed by atoms with Crippen LogP contribution in [-0.4, -0.2) is 73.5 Å². The number of aromatic nitrogens is 1. The van der Waals surface area contributed by atoms with E-state index in [4.69, 9.17) is 23.4 Å². The van der Waals surface area contributed by atoms with Crippen molar-refractivity contribution in [2.75, 3.05) is 52.8 Å². The van der Waals surface area contributed by atoms with E-state index < -0.39 is 0 Å². The lowest BCUT2D eigenvalue weighted by Gasteiger charge is -2.26. The molecule has 3 heterocycles. The predicted octanol–water partition coefficient (Wildman–Crippen LogP) is 3.07. The van der Waals surface area contributed by atoms with Crippen molar-refractivity contribution in [3.8, 4) is 17.2 Å². The molecule has 1 aromatic heterocycles. The van der Waals surface area contributed by atoms with Gasteiger partial charge >= 0.3 is 0 Å². The van der Waals surface area contributed by atoms with Gasteiger partial charge in [-0.2, -0.15) is 0 Å². The second kappa shape index (κ2) is 12.8. The van der Waals surface area contributed by atoms with Crippen molar-refractivity contribution in [1.82, 2.24) is 20.1 Å². The van der Waals surface area contributed by atoms with Crippen molar-refractivity contribution in [2.24, 2.45) is 0 Å². The number of carbonyl (C=O) groups is 1. The highest BCUT2D eigenvalue weighted by molar-refractivity contribution is 5.91. The zero-order valence-corrected chi connectivity index (χ0v) is 21.7. The lowest BCUT2D eigenvalue weighted by Crippen LogP contribution is -2.41. The second-order valence-corrected chi connectivity index (χ2v) is 9.25. The minimum Gasteiger partial charge on any atom is -0.494 e. The normalized spacial score (nSPS) is 15.1. The number of nitrogens with one attached hydrogen (secondary N) is 1. The summed E-state index contributed by atoms with van der Waals surface area (Å²) in [6.45, 7) is 9.14. The number of ether oxygens (including phenoxy) is 4. The van der Waals surface area contributed by atoms with Gasteiger partial charge < -0.3 is 28.7 Å². The molecule has 1 fully saturated rings. The molecule has 5 rings (SSSR count). The fourth-order valence-corrected chi connectivity index (χ4v) is 4.50. The zero-order chi connectivity index (χ0) is 26.2. The standard InChI is InChI=1S/C28H34N4O6/c1-2-35-23-6-3-21(4-7-23)16-32(17-22-5-8-25-26(15-22)38-20-37-25)18-27-30-24(19-36-27)28(33)29-9-10-31-11-13-34-14-12-31/h3-8,15,19H,2,9-14,16-18,20H2,1H3,(H,29,33). The van der Waals surface area contributed by atoms with Gasteiger partial charge in [-0.1, -0.05) is 18.2 Å². The fourth-order valence-electron chi connectivity index (χ4n) is 4.50. The Kier molecular flexibility index (Phi) is 8.75. The van der Waals surface area contributed by atoms with Crippen molar-refractivity contribution in [1.29, 1.82) is 0 Å². The molecule has 10 heteroatoms. The van der Waals surface area contributed by atoms with Gasteiger partial charge in [0.25, 0.3) is 5.91 Å². The van der Waals surface area contributed by atoms with Crippen LogP contribution in [0.2, 0.25) is 0 Å². The monoisotopic (exact) mass is 522 g/mol. The summed E-state index contributed by atoms with van der Waals surface area (Å²) >= 11 is 0. The Bertz CT molecular complexity index is 1190. The molecule has 2 aliphatic heterocycles. The van der Waals surface area contributed by atoms with Gasteiger partial charge in [-0.15, -0.1) is 0 Å². The van der Waals surface area contributed by atoms with Crippen LogP contribution in [0.15, 0.2) is 53.1 Å². The van der Waals surface area contributed by atoms with Gasteiger partial charge in [-0.3, -0.25) is 14.6 Å². The van der Waals surface area contributed by atoms with E-state index in [0.717, 1.165) is 61.2 Å². The Morgan fingerprint density at radius 3 is 2.61 bits per heavy atom. The summed E-state index contributed by atoms with van der Waals surface area (Å²) in [5.74, 6) is 2.59. The van der Waals surface area contributed by atoms with E-state index in [1.165, 1.54) is 6.26 Å². The number of morpholine rings is 1. The molecule has 0 spiro atoms. The Hall–Kier alpha value is -3.60. The van der Waals surface area contributed by atoms with E-state index in [1.54, 1.807) is 0 Å². The average Bonchev–Trinajstić information content (AvgIpc) is 3.60. The molecule has 2 aromatic carbocycles. The van der Waals surface area contributed by atoms with E-state index in [2.05, 4.69) is 32.2 Å². The third kappa shape index (κ3) is 7.03. The predicted molar refractivity (Wildman–Crippen MR) is 139 cm³/mol. The number of amides is 1.